The molecule has 8 heteroatoms. The van der Waals surface area contributed by atoms with Gasteiger partial charge in [0.1, 0.15) is 0 Å². The second-order valence-corrected chi connectivity index (χ2v) is 4.44. The van der Waals surface area contributed by atoms with E-state index < -0.39 is 10.4 Å². The standard InChI is InChI=1S/C11H18N2O.H2O4S/c1-3-13(8-9-14)11-6-4-10(12-2)5-7-11;1-5(2,3)4/h4-7,12,14H,3,8-9H2,1-2H3;(H2,1,2,3,4). The maximum Gasteiger partial charge on any atom is 0.394 e. The number of anilines is 2. The van der Waals surface area contributed by atoms with Crippen molar-refractivity contribution in [3.8, 4) is 0 Å². The highest BCUT2D eigenvalue weighted by Crippen LogP contribution is 2.16. The third-order valence-corrected chi connectivity index (χ3v) is 2.27. The summed E-state index contributed by atoms with van der Waals surface area (Å²) in [5.41, 5.74) is 2.26. The molecule has 1 aromatic carbocycles. The zero-order valence-electron chi connectivity index (χ0n) is 10.9. The third kappa shape index (κ3) is 9.25. The summed E-state index contributed by atoms with van der Waals surface area (Å²) in [6.45, 7) is 3.89. The van der Waals surface area contributed by atoms with Crippen LogP contribution in [0.2, 0.25) is 0 Å². The Labute approximate surface area is 113 Å². The van der Waals surface area contributed by atoms with E-state index in [-0.39, 0.29) is 6.61 Å². The molecule has 0 saturated heterocycles. The summed E-state index contributed by atoms with van der Waals surface area (Å²) < 4.78 is 31.6. The topological polar surface area (TPSA) is 110 Å². The second kappa shape index (κ2) is 8.70. The first kappa shape index (κ1) is 17.6. The lowest BCUT2D eigenvalue weighted by Crippen LogP contribution is -2.25. The average molecular weight is 292 g/mol. The van der Waals surface area contributed by atoms with Gasteiger partial charge in [-0.1, -0.05) is 0 Å². The van der Waals surface area contributed by atoms with E-state index in [2.05, 4.69) is 29.3 Å². The van der Waals surface area contributed by atoms with Crippen molar-refractivity contribution in [2.75, 3.05) is 37.0 Å². The van der Waals surface area contributed by atoms with E-state index in [1.807, 2.05) is 19.2 Å². The molecule has 0 aliphatic heterocycles. The van der Waals surface area contributed by atoms with Gasteiger partial charge in [0.15, 0.2) is 0 Å². The number of rotatable bonds is 5. The zero-order valence-corrected chi connectivity index (χ0v) is 11.8. The van der Waals surface area contributed by atoms with Crippen LogP contribution < -0.4 is 10.2 Å². The van der Waals surface area contributed by atoms with Gasteiger partial charge in [0.25, 0.3) is 0 Å². The fraction of sp³-hybridized carbons (Fsp3) is 0.455. The molecule has 0 atom stereocenters. The van der Waals surface area contributed by atoms with Gasteiger partial charge in [0.05, 0.1) is 6.61 Å². The summed E-state index contributed by atoms with van der Waals surface area (Å²) in [4.78, 5) is 2.14. The smallest absolute Gasteiger partial charge is 0.394 e. The Hall–Kier alpha value is -1.35. The number of nitrogens with zero attached hydrogens (tertiary/aromatic N) is 1. The van der Waals surface area contributed by atoms with E-state index in [4.69, 9.17) is 22.6 Å². The molecule has 0 aliphatic carbocycles. The van der Waals surface area contributed by atoms with Gasteiger partial charge in [0, 0.05) is 31.5 Å². The molecule has 0 aromatic heterocycles. The summed E-state index contributed by atoms with van der Waals surface area (Å²) in [7, 11) is -2.76. The molecule has 7 nitrogen and oxygen atoms in total. The van der Waals surface area contributed by atoms with Crippen LogP contribution in [0.1, 0.15) is 6.92 Å². The molecule has 0 spiro atoms. The molecule has 0 fully saturated rings. The fourth-order valence-corrected chi connectivity index (χ4v) is 1.43. The summed E-state index contributed by atoms with van der Waals surface area (Å²) in [6.07, 6.45) is 0. The van der Waals surface area contributed by atoms with Gasteiger partial charge in [-0.15, -0.1) is 0 Å². The monoisotopic (exact) mass is 292 g/mol. The van der Waals surface area contributed by atoms with Crippen LogP contribution in [-0.4, -0.2) is 49.4 Å². The summed E-state index contributed by atoms with van der Waals surface area (Å²) in [6, 6.07) is 8.20. The first-order valence-corrected chi connectivity index (χ1v) is 7.05. The van der Waals surface area contributed by atoms with Crippen LogP contribution in [0.3, 0.4) is 0 Å². The minimum absolute atomic E-state index is 0.196. The lowest BCUT2D eigenvalue weighted by atomic mass is 10.2. The number of hydrogen-bond donors (Lipinski definition) is 4. The van der Waals surface area contributed by atoms with Gasteiger partial charge in [-0.05, 0) is 31.2 Å². The van der Waals surface area contributed by atoms with Crippen LogP contribution in [-0.2, 0) is 10.4 Å². The molecule has 110 valence electrons. The summed E-state index contributed by atoms with van der Waals surface area (Å²) >= 11 is 0. The maximum absolute atomic E-state index is 8.88. The van der Waals surface area contributed by atoms with E-state index >= 15 is 0 Å². The normalized spacial score (nSPS) is 10.4. The SMILES string of the molecule is CCN(CCO)c1ccc(NC)cc1.O=S(=O)(O)O. The largest absolute Gasteiger partial charge is 0.395 e. The van der Waals surface area contributed by atoms with Crippen molar-refractivity contribution in [1.82, 2.24) is 0 Å². The minimum atomic E-state index is -4.67. The first-order chi connectivity index (χ1) is 8.81. The van der Waals surface area contributed by atoms with Crippen molar-refractivity contribution in [3.63, 3.8) is 0 Å². The zero-order chi connectivity index (χ0) is 14.9. The predicted octanol–water partition coefficient (Wildman–Crippen LogP) is 0.894. The van der Waals surface area contributed by atoms with Crippen molar-refractivity contribution in [2.45, 2.75) is 6.92 Å². The van der Waals surface area contributed by atoms with Gasteiger partial charge >= 0.3 is 10.4 Å². The van der Waals surface area contributed by atoms with Crippen molar-refractivity contribution in [3.05, 3.63) is 24.3 Å². The van der Waals surface area contributed by atoms with Gasteiger partial charge in [-0.3, -0.25) is 9.11 Å². The Morgan fingerprint density at radius 2 is 1.68 bits per heavy atom. The number of aliphatic hydroxyl groups excluding tert-OH is 1. The van der Waals surface area contributed by atoms with Crippen LogP contribution in [0.15, 0.2) is 24.3 Å². The Morgan fingerprint density at radius 1 is 1.21 bits per heavy atom. The van der Waals surface area contributed by atoms with Gasteiger partial charge in [-0.2, -0.15) is 8.42 Å². The van der Waals surface area contributed by atoms with E-state index in [1.165, 1.54) is 0 Å². The highest BCUT2D eigenvalue weighted by molar-refractivity contribution is 7.79. The molecule has 0 heterocycles. The van der Waals surface area contributed by atoms with Crippen LogP contribution >= 0.6 is 0 Å². The Kier molecular flexibility index (Phi) is 8.08. The van der Waals surface area contributed by atoms with Crippen LogP contribution in [0.25, 0.3) is 0 Å². The van der Waals surface area contributed by atoms with Crippen molar-refractivity contribution in [2.24, 2.45) is 0 Å². The molecule has 1 rings (SSSR count). The number of benzene rings is 1. The van der Waals surface area contributed by atoms with E-state index in [0.717, 1.165) is 17.9 Å². The van der Waals surface area contributed by atoms with E-state index in [1.54, 1.807) is 0 Å². The second-order valence-electron chi connectivity index (χ2n) is 3.55. The molecule has 0 aliphatic rings. The molecule has 0 unspecified atom stereocenters. The van der Waals surface area contributed by atoms with Crippen LogP contribution in [0, 0.1) is 0 Å². The fourth-order valence-electron chi connectivity index (χ4n) is 1.43. The highest BCUT2D eigenvalue weighted by Gasteiger charge is 2.02. The lowest BCUT2D eigenvalue weighted by Gasteiger charge is -2.22. The van der Waals surface area contributed by atoms with E-state index in [0.29, 0.717) is 6.54 Å². The average Bonchev–Trinajstić information content (AvgIpc) is 2.34. The van der Waals surface area contributed by atoms with Crippen LogP contribution in [0.4, 0.5) is 11.4 Å². The molecular formula is C11H20N2O5S. The number of hydrogen-bond acceptors (Lipinski definition) is 5. The minimum Gasteiger partial charge on any atom is -0.395 e. The molecular weight excluding hydrogens is 272 g/mol. The maximum atomic E-state index is 8.88. The summed E-state index contributed by atoms with van der Waals surface area (Å²) in [5, 5.41) is 12.0. The highest BCUT2D eigenvalue weighted by atomic mass is 32.3. The Morgan fingerprint density at radius 3 is 2.00 bits per heavy atom. The molecule has 19 heavy (non-hydrogen) atoms. The van der Waals surface area contributed by atoms with Gasteiger partial charge < -0.3 is 15.3 Å². The van der Waals surface area contributed by atoms with Crippen molar-refractivity contribution < 1.29 is 22.6 Å². The predicted molar refractivity (Wildman–Crippen MR) is 75.1 cm³/mol. The number of likely N-dealkylation sites (N-methyl/N-ethyl adjacent to an activating group) is 1. The van der Waals surface area contributed by atoms with E-state index in [9.17, 15) is 0 Å². The van der Waals surface area contributed by atoms with Gasteiger partial charge in [-0.25, -0.2) is 0 Å². The Balaban J connectivity index is 0.000000555. The molecule has 1 aromatic rings. The molecule has 4 N–H and O–H groups in total. The molecule has 0 bridgehead atoms. The van der Waals surface area contributed by atoms with Crippen LogP contribution in [0.5, 0.6) is 0 Å². The number of aliphatic hydroxyl groups is 1. The third-order valence-electron chi connectivity index (χ3n) is 2.27. The van der Waals surface area contributed by atoms with Crippen molar-refractivity contribution in [1.29, 1.82) is 0 Å². The first-order valence-electron chi connectivity index (χ1n) is 5.65. The lowest BCUT2D eigenvalue weighted by molar-refractivity contribution is 0.302. The number of nitrogens with one attached hydrogen (secondary N) is 1. The van der Waals surface area contributed by atoms with Gasteiger partial charge in [0.2, 0.25) is 0 Å². The summed E-state index contributed by atoms with van der Waals surface area (Å²) in [5.74, 6) is 0. The molecule has 0 saturated carbocycles. The molecule has 0 amide bonds. The van der Waals surface area contributed by atoms with Crippen molar-refractivity contribution >= 4 is 21.8 Å². The quantitative estimate of drug-likeness (QED) is 0.597. The Bertz CT molecular complexity index is 439. The molecule has 0 radical (unpaired) electrons.